The highest BCUT2D eigenvalue weighted by molar-refractivity contribution is 8.03. The van der Waals surface area contributed by atoms with Crippen molar-refractivity contribution >= 4 is 23.2 Å². The van der Waals surface area contributed by atoms with E-state index in [0.717, 1.165) is 21.8 Å². The van der Waals surface area contributed by atoms with E-state index in [4.69, 9.17) is 0 Å². The second kappa shape index (κ2) is 5.17. The molecule has 1 heterocycles. The molecule has 0 bridgehead atoms. The van der Waals surface area contributed by atoms with Crippen LogP contribution in [0.1, 0.15) is 15.9 Å². The first kappa shape index (κ1) is 13.0. The Labute approximate surface area is 123 Å². The van der Waals surface area contributed by atoms with Crippen molar-refractivity contribution in [2.24, 2.45) is 0 Å². The second-order valence-electron chi connectivity index (χ2n) is 4.84. The average molecular weight is 281 g/mol. The fourth-order valence-electron chi connectivity index (χ4n) is 2.16. The summed E-state index contributed by atoms with van der Waals surface area (Å²) in [4.78, 5) is 15.5. The average Bonchev–Trinajstić information content (AvgIpc) is 2.77. The summed E-state index contributed by atoms with van der Waals surface area (Å²) in [5, 5.41) is 0.969. The first-order valence-electron chi connectivity index (χ1n) is 6.48. The largest absolute Gasteiger partial charge is 0.338 e. The zero-order chi connectivity index (χ0) is 14.1. The number of nitrogens with zero attached hydrogens (tertiary/aromatic N) is 1. The smallest absolute Gasteiger partial charge is 0.188 e. The van der Waals surface area contributed by atoms with E-state index in [9.17, 15) is 4.79 Å². The lowest BCUT2D eigenvalue weighted by atomic mass is 10.1. The SMILES string of the molecule is Cc1ccc(C(=O)/C=C2/Sc3ccccc3N2C)cc1. The Morgan fingerprint density at radius 3 is 2.50 bits per heavy atom. The molecule has 1 aliphatic heterocycles. The van der Waals surface area contributed by atoms with E-state index in [-0.39, 0.29) is 5.78 Å². The van der Waals surface area contributed by atoms with Crippen molar-refractivity contribution in [3.8, 4) is 0 Å². The summed E-state index contributed by atoms with van der Waals surface area (Å²) < 4.78 is 0. The number of hydrogen-bond acceptors (Lipinski definition) is 3. The maximum Gasteiger partial charge on any atom is 0.188 e. The minimum absolute atomic E-state index is 0.0483. The molecule has 0 saturated carbocycles. The molecule has 0 N–H and O–H groups in total. The van der Waals surface area contributed by atoms with Gasteiger partial charge in [0.1, 0.15) is 0 Å². The molecular weight excluding hydrogens is 266 g/mol. The molecule has 0 amide bonds. The monoisotopic (exact) mass is 281 g/mol. The fourth-order valence-corrected chi connectivity index (χ4v) is 3.24. The number of aryl methyl sites for hydroxylation is 1. The highest BCUT2D eigenvalue weighted by Crippen LogP contribution is 2.44. The Morgan fingerprint density at radius 1 is 1.10 bits per heavy atom. The molecule has 0 radical (unpaired) electrons. The van der Waals surface area contributed by atoms with E-state index in [1.807, 2.05) is 50.4 Å². The number of hydrogen-bond donors (Lipinski definition) is 0. The Morgan fingerprint density at radius 2 is 1.80 bits per heavy atom. The van der Waals surface area contributed by atoms with Crippen LogP contribution in [0.4, 0.5) is 5.69 Å². The molecule has 0 atom stereocenters. The molecule has 100 valence electrons. The standard InChI is InChI=1S/C17H15NOS/c1-12-7-9-13(10-8-12)15(19)11-17-18(2)14-5-3-4-6-16(14)20-17/h3-11H,1-2H3/b17-11+. The van der Waals surface area contributed by atoms with Crippen LogP contribution in [0.2, 0.25) is 0 Å². The summed E-state index contributed by atoms with van der Waals surface area (Å²) in [7, 11) is 1.99. The molecular formula is C17H15NOS. The normalized spacial score (nSPS) is 15.5. The molecule has 2 aromatic carbocycles. The predicted molar refractivity (Wildman–Crippen MR) is 84.3 cm³/mol. The molecule has 20 heavy (non-hydrogen) atoms. The van der Waals surface area contributed by atoms with Gasteiger partial charge in [-0.25, -0.2) is 0 Å². The molecule has 0 fully saturated rings. The fraction of sp³-hybridized carbons (Fsp3) is 0.118. The van der Waals surface area contributed by atoms with Gasteiger partial charge in [0.25, 0.3) is 0 Å². The minimum atomic E-state index is 0.0483. The van der Waals surface area contributed by atoms with Crippen LogP contribution in [0.25, 0.3) is 0 Å². The van der Waals surface area contributed by atoms with Gasteiger partial charge < -0.3 is 4.90 Å². The van der Waals surface area contributed by atoms with Crippen molar-refractivity contribution in [3.05, 3.63) is 70.8 Å². The molecule has 0 aromatic heterocycles. The first-order valence-corrected chi connectivity index (χ1v) is 7.30. The van der Waals surface area contributed by atoms with Crippen LogP contribution in [0.15, 0.2) is 64.5 Å². The second-order valence-corrected chi connectivity index (χ2v) is 5.90. The van der Waals surface area contributed by atoms with E-state index in [2.05, 4.69) is 17.0 Å². The number of thioether (sulfide) groups is 1. The van der Waals surface area contributed by atoms with Gasteiger partial charge in [0.2, 0.25) is 0 Å². The maximum absolute atomic E-state index is 12.3. The van der Waals surface area contributed by atoms with Gasteiger partial charge in [-0.3, -0.25) is 4.79 Å². The number of para-hydroxylation sites is 1. The summed E-state index contributed by atoms with van der Waals surface area (Å²) in [6.45, 7) is 2.02. The Kier molecular flexibility index (Phi) is 3.36. The van der Waals surface area contributed by atoms with Crippen molar-refractivity contribution in [1.29, 1.82) is 0 Å². The van der Waals surface area contributed by atoms with Crippen LogP contribution in [-0.2, 0) is 0 Å². The molecule has 2 aromatic rings. The van der Waals surface area contributed by atoms with Gasteiger partial charge in [0, 0.05) is 23.6 Å². The van der Waals surface area contributed by atoms with Gasteiger partial charge in [-0.2, -0.15) is 0 Å². The maximum atomic E-state index is 12.3. The van der Waals surface area contributed by atoms with Crippen molar-refractivity contribution < 1.29 is 4.79 Å². The molecule has 0 saturated heterocycles. The topological polar surface area (TPSA) is 20.3 Å². The number of anilines is 1. The quantitative estimate of drug-likeness (QED) is 0.606. The van der Waals surface area contributed by atoms with Crippen molar-refractivity contribution in [1.82, 2.24) is 0 Å². The lowest BCUT2D eigenvalue weighted by molar-refractivity contribution is 0.104. The number of carbonyl (C=O) groups is 1. The van der Waals surface area contributed by atoms with E-state index in [0.29, 0.717) is 0 Å². The van der Waals surface area contributed by atoms with E-state index >= 15 is 0 Å². The molecule has 0 aliphatic carbocycles. The summed E-state index contributed by atoms with van der Waals surface area (Å²) in [5.41, 5.74) is 3.04. The lowest BCUT2D eigenvalue weighted by Gasteiger charge is -2.12. The van der Waals surface area contributed by atoms with E-state index < -0.39 is 0 Å². The van der Waals surface area contributed by atoms with Crippen molar-refractivity contribution in [3.63, 3.8) is 0 Å². The summed E-state index contributed by atoms with van der Waals surface area (Å²) in [6.07, 6.45) is 1.72. The highest BCUT2D eigenvalue weighted by atomic mass is 32.2. The number of fused-ring (bicyclic) bond motifs is 1. The number of ketones is 1. The first-order chi connectivity index (χ1) is 9.65. The van der Waals surface area contributed by atoms with Gasteiger partial charge in [0.05, 0.1) is 10.7 Å². The van der Waals surface area contributed by atoms with Crippen LogP contribution >= 0.6 is 11.8 Å². The van der Waals surface area contributed by atoms with Crippen LogP contribution < -0.4 is 4.90 Å². The Bertz CT molecular complexity index is 688. The third-order valence-electron chi connectivity index (χ3n) is 3.36. The van der Waals surface area contributed by atoms with Crippen LogP contribution in [0.5, 0.6) is 0 Å². The third-order valence-corrected chi connectivity index (χ3v) is 4.53. The van der Waals surface area contributed by atoms with E-state index in [1.165, 1.54) is 4.90 Å². The van der Waals surface area contributed by atoms with Gasteiger partial charge >= 0.3 is 0 Å². The number of benzene rings is 2. The number of allylic oxidation sites excluding steroid dienone is 1. The molecule has 0 spiro atoms. The van der Waals surface area contributed by atoms with Crippen molar-refractivity contribution in [2.75, 3.05) is 11.9 Å². The van der Waals surface area contributed by atoms with Crippen LogP contribution in [0, 0.1) is 6.92 Å². The number of carbonyl (C=O) groups excluding carboxylic acids is 1. The summed E-state index contributed by atoms with van der Waals surface area (Å²) in [5.74, 6) is 0.0483. The summed E-state index contributed by atoms with van der Waals surface area (Å²) >= 11 is 1.64. The van der Waals surface area contributed by atoms with Gasteiger partial charge in [-0.1, -0.05) is 53.7 Å². The molecule has 2 nitrogen and oxygen atoms in total. The third kappa shape index (κ3) is 2.37. The molecule has 0 unspecified atom stereocenters. The Hall–Kier alpha value is -2.00. The predicted octanol–water partition coefficient (Wildman–Crippen LogP) is 4.26. The minimum Gasteiger partial charge on any atom is -0.338 e. The zero-order valence-corrected chi connectivity index (χ0v) is 12.3. The van der Waals surface area contributed by atoms with Crippen molar-refractivity contribution in [2.45, 2.75) is 11.8 Å². The van der Waals surface area contributed by atoms with Gasteiger partial charge in [-0.15, -0.1) is 0 Å². The van der Waals surface area contributed by atoms with Gasteiger partial charge in [-0.05, 0) is 19.1 Å². The van der Waals surface area contributed by atoms with E-state index in [1.54, 1.807) is 17.8 Å². The molecule has 3 heteroatoms. The van der Waals surface area contributed by atoms with Crippen LogP contribution in [-0.4, -0.2) is 12.8 Å². The highest BCUT2D eigenvalue weighted by Gasteiger charge is 2.22. The molecule has 1 aliphatic rings. The molecule has 3 rings (SSSR count). The summed E-state index contributed by atoms with van der Waals surface area (Å²) in [6, 6.07) is 15.9. The lowest BCUT2D eigenvalue weighted by Crippen LogP contribution is -2.11. The zero-order valence-electron chi connectivity index (χ0n) is 11.5. The van der Waals surface area contributed by atoms with Crippen LogP contribution in [0.3, 0.4) is 0 Å². The van der Waals surface area contributed by atoms with Gasteiger partial charge in [0.15, 0.2) is 5.78 Å². The number of rotatable bonds is 2. The Balaban J connectivity index is 1.87.